The van der Waals surface area contributed by atoms with E-state index in [1.165, 1.54) is 83.5 Å². The van der Waals surface area contributed by atoms with Crippen LogP contribution in [0.3, 0.4) is 0 Å². The summed E-state index contributed by atoms with van der Waals surface area (Å²) < 4.78 is 16.9. The van der Waals surface area contributed by atoms with Crippen LogP contribution in [0.15, 0.2) is 158 Å². The molecule has 0 heterocycles. The van der Waals surface area contributed by atoms with Gasteiger partial charge in [-0.15, -0.1) is 0 Å². The fourth-order valence-electron chi connectivity index (χ4n) is 8.27. The van der Waals surface area contributed by atoms with Gasteiger partial charge in [0.2, 0.25) is 0 Å². The van der Waals surface area contributed by atoms with Gasteiger partial charge in [-0.2, -0.15) is 0 Å². The number of hydrogen-bond donors (Lipinski definition) is 0. The van der Waals surface area contributed by atoms with Crippen LogP contribution in [0.25, 0.3) is 0 Å². The summed E-state index contributed by atoms with van der Waals surface area (Å²) in [7, 11) is 0. The number of hydrogen-bond acceptors (Lipinski definition) is 6. The molecule has 1 atom stereocenters. The molecule has 0 rings (SSSR count). The maximum Gasteiger partial charge on any atom is 0.306 e. The van der Waals surface area contributed by atoms with Gasteiger partial charge in [-0.05, 0) is 148 Å². The highest BCUT2D eigenvalue weighted by atomic mass is 16.6. The number of carbonyl (C=O) groups is 3. The molecule has 0 saturated heterocycles. The molecule has 0 aliphatic heterocycles. The average molecular weight is 1090 g/mol. The van der Waals surface area contributed by atoms with Gasteiger partial charge < -0.3 is 14.2 Å². The molecule has 0 amide bonds. The Morgan fingerprint density at radius 3 is 0.810 bits per heavy atom. The predicted molar refractivity (Wildman–Crippen MR) is 343 cm³/mol. The first-order chi connectivity index (χ1) is 39.0. The highest BCUT2D eigenvalue weighted by Gasteiger charge is 2.19. The van der Waals surface area contributed by atoms with Crippen molar-refractivity contribution in [2.75, 3.05) is 13.2 Å². The molecule has 0 fully saturated rings. The van der Waals surface area contributed by atoms with E-state index in [1.807, 2.05) is 0 Å². The maximum atomic E-state index is 12.9. The van der Waals surface area contributed by atoms with Crippen LogP contribution < -0.4 is 0 Å². The first kappa shape index (κ1) is 74.0. The topological polar surface area (TPSA) is 78.9 Å². The molecule has 1 unspecified atom stereocenters. The van der Waals surface area contributed by atoms with Crippen molar-refractivity contribution in [3.63, 3.8) is 0 Å². The Labute approximate surface area is 486 Å². The minimum atomic E-state index is -0.821. The minimum Gasteiger partial charge on any atom is -0.462 e. The molecule has 0 N–H and O–H groups in total. The molecule has 0 aliphatic carbocycles. The molecule has 79 heavy (non-hydrogen) atoms. The van der Waals surface area contributed by atoms with E-state index >= 15 is 0 Å². The van der Waals surface area contributed by atoms with Gasteiger partial charge in [-0.1, -0.05) is 256 Å². The van der Waals surface area contributed by atoms with Gasteiger partial charge in [0.25, 0.3) is 0 Å². The van der Waals surface area contributed by atoms with Crippen molar-refractivity contribution >= 4 is 17.9 Å². The van der Waals surface area contributed by atoms with Crippen LogP contribution in [0.5, 0.6) is 0 Å². The van der Waals surface area contributed by atoms with E-state index in [0.717, 1.165) is 135 Å². The van der Waals surface area contributed by atoms with E-state index in [-0.39, 0.29) is 31.1 Å². The number of unbranched alkanes of at least 4 members (excludes halogenated alkanes) is 19. The molecule has 6 heteroatoms. The lowest BCUT2D eigenvalue weighted by molar-refractivity contribution is -0.167. The SMILES string of the molecule is CC/C=C\C/C=C\C/C=C\C/C=C\C/C=C\C/C=C\C/C=C\CCCCCC(=O)OCC(COC(=O)CCCC/C=C\C/C=C\C/C=C\C/C=C\CC)OC(=O)CCCCCCCCCCC/C=C\C/C=C\CCCCCCC. The third-order valence-corrected chi connectivity index (χ3v) is 13.0. The molecule has 0 aromatic heterocycles. The lowest BCUT2D eigenvalue weighted by Gasteiger charge is -2.18. The van der Waals surface area contributed by atoms with Gasteiger partial charge in [0.15, 0.2) is 6.10 Å². The Balaban J connectivity index is 4.51. The minimum absolute atomic E-state index is 0.117. The Hall–Kier alpha value is -4.97. The third-order valence-electron chi connectivity index (χ3n) is 13.0. The van der Waals surface area contributed by atoms with Crippen LogP contribution >= 0.6 is 0 Å². The van der Waals surface area contributed by atoms with E-state index in [9.17, 15) is 14.4 Å². The molecule has 0 aromatic carbocycles. The van der Waals surface area contributed by atoms with Gasteiger partial charge in [0.05, 0.1) is 0 Å². The molecule has 6 nitrogen and oxygen atoms in total. The van der Waals surface area contributed by atoms with Gasteiger partial charge >= 0.3 is 17.9 Å². The molecular weight excluding hydrogens is 973 g/mol. The third kappa shape index (κ3) is 63.7. The Morgan fingerprint density at radius 1 is 0.266 bits per heavy atom. The fraction of sp³-hybridized carbons (Fsp3) is 0.603. The highest BCUT2D eigenvalue weighted by Crippen LogP contribution is 2.14. The summed E-state index contributed by atoms with van der Waals surface area (Å²) in [5, 5.41) is 0. The first-order valence-electron chi connectivity index (χ1n) is 32.0. The molecule has 0 aromatic rings. The number of esters is 3. The zero-order chi connectivity index (χ0) is 57.1. The second-order valence-electron chi connectivity index (χ2n) is 20.5. The number of carbonyl (C=O) groups excluding carboxylic acids is 3. The summed E-state index contributed by atoms with van der Waals surface area (Å²) in [6.07, 6.45) is 95.3. The highest BCUT2D eigenvalue weighted by molar-refractivity contribution is 5.71. The summed E-state index contributed by atoms with van der Waals surface area (Å²) in [4.78, 5) is 38.3. The van der Waals surface area contributed by atoms with E-state index < -0.39 is 6.10 Å². The van der Waals surface area contributed by atoms with Crippen LogP contribution in [0.1, 0.15) is 265 Å². The van der Waals surface area contributed by atoms with Crippen molar-refractivity contribution in [2.45, 2.75) is 271 Å². The quantitative estimate of drug-likeness (QED) is 0.0261. The summed E-state index contributed by atoms with van der Waals surface area (Å²) in [6, 6.07) is 0. The monoisotopic (exact) mass is 1090 g/mol. The second kappa shape index (κ2) is 65.5. The Morgan fingerprint density at radius 2 is 0.494 bits per heavy atom. The largest absolute Gasteiger partial charge is 0.462 e. The summed E-state index contributed by atoms with van der Waals surface area (Å²) in [5.41, 5.74) is 0. The lowest BCUT2D eigenvalue weighted by atomic mass is 10.1. The first-order valence-corrected chi connectivity index (χ1v) is 32.0. The van der Waals surface area contributed by atoms with E-state index in [1.54, 1.807) is 0 Å². The van der Waals surface area contributed by atoms with Gasteiger partial charge in [0, 0.05) is 19.3 Å². The molecular formula is C73H116O6. The van der Waals surface area contributed by atoms with E-state index in [2.05, 4.69) is 179 Å². The van der Waals surface area contributed by atoms with Crippen molar-refractivity contribution in [1.29, 1.82) is 0 Å². The summed E-state index contributed by atoms with van der Waals surface area (Å²) in [5.74, 6) is -0.996. The standard InChI is InChI=1S/C73H116O6/c1-4-7-10-13-16-19-22-25-28-30-32-34-35-36-37-39-40-42-45-48-51-54-57-60-63-66-72(75)78-69-70(68-77-71(74)65-62-59-56-53-50-47-44-27-24-21-18-15-12-9-6-3)79-73(76)67-64-61-58-55-52-49-46-43-41-38-33-31-29-26-23-20-17-14-11-8-5-2/h7,9-10,12,16,18-19,21,23,25-28,31-34,36-37,40,42,44,48,50-51,53,70H,4-6,8,11,13-15,17,20,22,24,29-30,35,38-39,41,43,45-47,49,52,54-69H2,1-3H3/b10-7-,12-9-,19-16-,21-18-,26-23-,28-25-,33-31-,34-32-,37-36-,42-40-,44-27-,51-48-,53-50-. The van der Waals surface area contributed by atoms with Crippen LogP contribution in [0.2, 0.25) is 0 Å². The van der Waals surface area contributed by atoms with E-state index in [0.29, 0.717) is 25.7 Å². The molecule has 0 saturated carbocycles. The normalized spacial score (nSPS) is 13.2. The maximum absolute atomic E-state index is 12.9. The van der Waals surface area contributed by atoms with Crippen molar-refractivity contribution in [3.05, 3.63) is 158 Å². The predicted octanol–water partition coefficient (Wildman–Crippen LogP) is 22.1. The zero-order valence-electron chi connectivity index (χ0n) is 50.8. The molecule has 0 radical (unpaired) electrons. The Bertz CT molecular complexity index is 1780. The van der Waals surface area contributed by atoms with E-state index in [4.69, 9.17) is 14.2 Å². The lowest BCUT2D eigenvalue weighted by Crippen LogP contribution is -2.30. The van der Waals surface area contributed by atoms with Crippen molar-refractivity contribution < 1.29 is 28.6 Å². The zero-order valence-corrected chi connectivity index (χ0v) is 50.8. The van der Waals surface area contributed by atoms with Crippen LogP contribution in [-0.2, 0) is 28.6 Å². The van der Waals surface area contributed by atoms with Gasteiger partial charge in [0.1, 0.15) is 13.2 Å². The Kier molecular flexibility index (Phi) is 61.4. The van der Waals surface area contributed by atoms with Crippen molar-refractivity contribution in [2.24, 2.45) is 0 Å². The molecule has 0 spiro atoms. The number of allylic oxidation sites excluding steroid dienone is 26. The number of ether oxygens (including phenoxy) is 3. The molecule has 444 valence electrons. The fourth-order valence-corrected chi connectivity index (χ4v) is 8.27. The van der Waals surface area contributed by atoms with Crippen molar-refractivity contribution in [3.8, 4) is 0 Å². The smallest absolute Gasteiger partial charge is 0.306 e. The molecule has 0 bridgehead atoms. The second-order valence-corrected chi connectivity index (χ2v) is 20.5. The average Bonchev–Trinajstić information content (AvgIpc) is 3.45. The summed E-state index contributed by atoms with van der Waals surface area (Å²) in [6.45, 7) is 6.33. The van der Waals surface area contributed by atoms with Crippen molar-refractivity contribution in [1.82, 2.24) is 0 Å². The summed E-state index contributed by atoms with van der Waals surface area (Å²) >= 11 is 0. The number of rotatable bonds is 56. The van der Waals surface area contributed by atoms with Gasteiger partial charge in [-0.25, -0.2) is 0 Å². The van der Waals surface area contributed by atoms with Crippen LogP contribution in [0.4, 0.5) is 0 Å². The van der Waals surface area contributed by atoms with Crippen LogP contribution in [0, 0.1) is 0 Å². The van der Waals surface area contributed by atoms with Gasteiger partial charge in [-0.3, -0.25) is 14.4 Å². The molecule has 0 aliphatic rings. The van der Waals surface area contributed by atoms with Crippen LogP contribution in [-0.4, -0.2) is 37.2 Å².